The molecule has 1 atom stereocenters. The van der Waals surface area contributed by atoms with Crippen molar-refractivity contribution in [2.75, 3.05) is 19.1 Å². The van der Waals surface area contributed by atoms with Crippen LogP contribution in [0.2, 0.25) is 0 Å². The van der Waals surface area contributed by atoms with E-state index in [1.165, 1.54) is 0 Å². The van der Waals surface area contributed by atoms with Crippen LogP contribution in [0.5, 0.6) is 11.5 Å². The number of rotatable bonds is 6. The Hall–Kier alpha value is -3.78. The topological polar surface area (TPSA) is 72.8 Å². The number of ether oxygens (including phenoxy) is 2. The number of methoxy groups -OCH3 is 2. The summed E-state index contributed by atoms with van der Waals surface area (Å²) in [7, 11) is 3.11. The third-order valence-electron chi connectivity index (χ3n) is 6.26. The predicted octanol–water partition coefficient (Wildman–Crippen LogP) is 4.46. The smallest absolute Gasteiger partial charge is 0.275 e. The van der Waals surface area contributed by atoms with Crippen molar-refractivity contribution in [3.63, 3.8) is 0 Å². The fourth-order valence-electron chi connectivity index (χ4n) is 4.49. The lowest BCUT2D eigenvalue weighted by Crippen LogP contribution is -2.64. The summed E-state index contributed by atoms with van der Waals surface area (Å²) in [5.74, 6) is 0.588. The summed E-state index contributed by atoms with van der Waals surface area (Å²) in [6.45, 7) is 2.49. The Balaban J connectivity index is 1.61. The third kappa shape index (κ3) is 3.60. The quantitative estimate of drug-likeness (QED) is 0.447. The summed E-state index contributed by atoms with van der Waals surface area (Å²) < 4.78 is 12.8. The van der Waals surface area contributed by atoms with Gasteiger partial charge in [-0.05, 0) is 30.0 Å². The van der Waals surface area contributed by atoms with E-state index in [2.05, 4.69) is 5.32 Å². The van der Waals surface area contributed by atoms with Crippen LogP contribution >= 0.6 is 11.3 Å². The molecule has 8 heteroatoms. The van der Waals surface area contributed by atoms with Gasteiger partial charge in [0.25, 0.3) is 5.91 Å². The summed E-state index contributed by atoms with van der Waals surface area (Å²) >= 11 is 1.56. The van der Waals surface area contributed by atoms with Gasteiger partial charge in [0.15, 0.2) is 0 Å². The molecular formula is C26H25N3O4S. The minimum atomic E-state index is -1.19. The lowest BCUT2D eigenvalue weighted by Gasteiger charge is -2.44. The SMILES string of the molecule is COc1cc(OC)cc(N2C(=O)c3cc4ccsc4n3C[C@]2(C)C(=O)NCc2ccccc2)c1. The van der Waals surface area contributed by atoms with Crippen molar-refractivity contribution in [1.29, 1.82) is 0 Å². The van der Waals surface area contributed by atoms with Crippen LogP contribution in [0, 0.1) is 0 Å². The zero-order valence-electron chi connectivity index (χ0n) is 19.2. The van der Waals surface area contributed by atoms with Gasteiger partial charge in [-0.3, -0.25) is 14.5 Å². The molecule has 34 heavy (non-hydrogen) atoms. The van der Waals surface area contributed by atoms with E-state index in [0.29, 0.717) is 36.0 Å². The average Bonchev–Trinajstić information content (AvgIpc) is 3.45. The molecule has 7 nitrogen and oxygen atoms in total. The van der Waals surface area contributed by atoms with E-state index >= 15 is 0 Å². The van der Waals surface area contributed by atoms with Gasteiger partial charge < -0.3 is 19.4 Å². The molecular weight excluding hydrogens is 450 g/mol. The number of fused-ring (bicyclic) bond motifs is 3. The molecule has 4 aromatic rings. The maximum absolute atomic E-state index is 13.9. The first-order valence-electron chi connectivity index (χ1n) is 10.9. The zero-order chi connectivity index (χ0) is 23.9. The van der Waals surface area contributed by atoms with Crippen molar-refractivity contribution in [2.45, 2.75) is 25.6 Å². The molecule has 1 aliphatic heterocycles. The van der Waals surface area contributed by atoms with Gasteiger partial charge in [0.1, 0.15) is 27.6 Å². The lowest BCUT2D eigenvalue weighted by atomic mass is 9.93. The second-order valence-electron chi connectivity index (χ2n) is 8.45. The van der Waals surface area contributed by atoms with E-state index in [0.717, 1.165) is 15.8 Å². The number of carbonyl (C=O) groups excluding carboxylic acids is 2. The van der Waals surface area contributed by atoms with Gasteiger partial charge in [0.05, 0.1) is 26.5 Å². The summed E-state index contributed by atoms with van der Waals surface area (Å²) in [4.78, 5) is 30.2. The Morgan fingerprint density at radius 1 is 1.06 bits per heavy atom. The van der Waals surface area contributed by atoms with E-state index < -0.39 is 5.54 Å². The molecule has 3 heterocycles. The minimum Gasteiger partial charge on any atom is -0.497 e. The van der Waals surface area contributed by atoms with Crippen molar-refractivity contribution < 1.29 is 19.1 Å². The Kier molecular flexibility index (Phi) is 5.53. The molecule has 2 amide bonds. The Morgan fingerprint density at radius 2 is 1.76 bits per heavy atom. The lowest BCUT2D eigenvalue weighted by molar-refractivity contribution is -0.126. The van der Waals surface area contributed by atoms with E-state index in [1.807, 2.05) is 52.4 Å². The molecule has 1 aliphatic rings. The van der Waals surface area contributed by atoms with E-state index in [-0.39, 0.29) is 11.8 Å². The molecule has 0 bridgehead atoms. The van der Waals surface area contributed by atoms with E-state index in [4.69, 9.17) is 9.47 Å². The second-order valence-corrected chi connectivity index (χ2v) is 9.34. The number of hydrogen-bond donors (Lipinski definition) is 1. The van der Waals surface area contributed by atoms with Crippen LogP contribution in [0.4, 0.5) is 5.69 Å². The number of anilines is 1. The van der Waals surface area contributed by atoms with Crippen LogP contribution in [-0.2, 0) is 17.9 Å². The van der Waals surface area contributed by atoms with Crippen LogP contribution in [0.3, 0.4) is 0 Å². The van der Waals surface area contributed by atoms with Crippen molar-refractivity contribution in [3.05, 3.63) is 77.3 Å². The number of amides is 2. The molecule has 0 spiro atoms. The highest BCUT2D eigenvalue weighted by Gasteiger charge is 2.49. The fraction of sp³-hybridized carbons (Fsp3) is 0.231. The maximum Gasteiger partial charge on any atom is 0.275 e. The van der Waals surface area contributed by atoms with Gasteiger partial charge in [-0.1, -0.05) is 30.3 Å². The molecule has 5 rings (SSSR count). The first-order chi connectivity index (χ1) is 16.4. The highest BCUT2D eigenvalue weighted by molar-refractivity contribution is 7.16. The number of hydrogen-bond acceptors (Lipinski definition) is 5. The molecule has 2 aromatic carbocycles. The number of benzene rings is 2. The first-order valence-corrected chi connectivity index (χ1v) is 11.8. The Labute approximate surface area is 201 Å². The molecule has 0 saturated carbocycles. The van der Waals surface area contributed by atoms with Crippen LogP contribution in [-0.4, -0.2) is 36.1 Å². The van der Waals surface area contributed by atoms with Crippen molar-refractivity contribution in [1.82, 2.24) is 9.88 Å². The molecule has 0 aliphatic carbocycles. The normalized spacial score (nSPS) is 17.5. The number of nitrogens with one attached hydrogen (secondary N) is 1. The Morgan fingerprint density at radius 3 is 2.44 bits per heavy atom. The largest absolute Gasteiger partial charge is 0.497 e. The molecule has 1 N–H and O–H groups in total. The summed E-state index contributed by atoms with van der Waals surface area (Å²) in [5.41, 5.74) is 0.886. The van der Waals surface area contributed by atoms with Crippen molar-refractivity contribution in [3.8, 4) is 11.5 Å². The zero-order valence-corrected chi connectivity index (χ0v) is 20.0. The summed E-state index contributed by atoms with van der Waals surface area (Å²) in [6, 6.07) is 18.8. The summed E-state index contributed by atoms with van der Waals surface area (Å²) in [6.07, 6.45) is 0. The second kappa shape index (κ2) is 8.53. The highest BCUT2D eigenvalue weighted by Crippen LogP contribution is 2.39. The van der Waals surface area contributed by atoms with Crippen LogP contribution in [0.25, 0.3) is 10.2 Å². The molecule has 174 valence electrons. The van der Waals surface area contributed by atoms with Crippen molar-refractivity contribution in [2.24, 2.45) is 0 Å². The molecule has 2 aromatic heterocycles. The number of carbonyl (C=O) groups is 2. The number of aromatic nitrogens is 1. The van der Waals surface area contributed by atoms with Crippen molar-refractivity contribution >= 4 is 39.1 Å². The minimum absolute atomic E-state index is 0.240. The van der Waals surface area contributed by atoms with Gasteiger partial charge in [-0.15, -0.1) is 11.3 Å². The predicted molar refractivity (Wildman–Crippen MR) is 133 cm³/mol. The standard InChI is InChI=1S/C26H25N3O4S/c1-26(25(31)27-15-17-7-5-4-6-8-17)16-28-22(11-18-9-10-34-24(18)28)23(30)29(26)19-12-20(32-2)14-21(13-19)33-3/h4-14H,15-16H2,1-3H3,(H,27,31)/t26-/m1/s1. The molecule has 0 radical (unpaired) electrons. The van der Waals surface area contributed by atoms with Gasteiger partial charge in [0, 0.05) is 30.1 Å². The average molecular weight is 476 g/mol. The Bertz CT molecular complexity index is 1360. The van der Waals surface area contributed by atoms with Gasteiger partial charge in [0.2, 0.25) is 5.91 Å². The van der Waals surface area contributed by atoms with Crippen LogP contribution < -0.4 is 19.7 Å². The van der Waals surface area contributed by atoms with E-state index in [1.54, 1.807) is 55.6 Å². The number of nitrogens with zero attached hydrogens (tertiary/aromatic N) is 2. The number of thiophene rings is 1. The summed E-state index contributed by atoms with van der Waals surface area (Å²) in [5, 5.41) is 6.03. The van der Waals surface area contributed by atoms with Crippen LogP contribution in [0.15, 0.2) is 66.0 Å². The third-order valence-corrected chi connectivity index (χ3v) is 7.22. The fourth-order valence-corrected chi connectivity index (χ4v) is 5.39. The van der Waals surface area contributed by atoms with Crippen LogP contribution in [0.1, 0.15) is 23.0 Å². The van der Waals surface area contributed by atoms with Gasteiger partial charge in [-0.25, -0.2) is 0 Å². The van der Waals surface area contributed by atoms with Gasteiger partial charge >= 0.3 is 0 Å². The molecule has 0 fully saturated rings. The highest BCUT2D eigenvalue weighted by atomic mass is 32.1. The first kappa shape index (κ1) is 22.0. The monoisotopic (exact) mass is 475 g/mol. The van der Waals surface area contributed by atoms with Gasteiger partial charge in [-0.2, -0.15) is 0 Å². The van der Waals surface area contributed by atoms with E-state index in [9.17, 15) is 9.59 Å². The maximum atomic E-state index is 13.9. The molecule has 0 saturated heterocycles. The molecule has 0 unspecified atom stereocenters.